The highest BCUT2D eigenvalue weighted by molar-refractivity contribution is 5.99. The third-order valence-electron chi connectivity index (χ3n) is 5.89. The molecular formula is C28H40N4O9. The Hall–Kier alpha value is -3.39. The molecule has 3 rings (SSSR count). The zero-order chi connectivity index (χ0) is 29.7. The third kappa shape index (κ3) is 10.8. The predicted octanol–water partition coefficient (Wildman–Crippen LogP) is 1.58. The van der Waals surface area contributed by atoms with Crippen LogP contribution >= 0.6 is 0 Å². The summed E-state index contributed by atoms with van der Waals surface area (Å²) in [5.41, 5.74) is -0.279. The zero-order valence-electron chi connectivity index (χ0n) is 23.9. The van der Waals surface area contributed by atoms with Crippen LogP contribution in [0.5, 0.6) is 0 Å². The molecule has 1 aliphatic rings. The fourth-order valence-electron chi connectivity index (χ4n) is 4.06. The van der Waals surface area contributed by atoms with Gasteiger partial charge in [0.15, 0.2) is 0 Å². The maximum atomic E-state index is 13.2. The van der Waals surface area contributed by atoms with Crippen molar-refractivity contribution in [1.82, 2.24) is 15.1 Å². The van der Waals surface area contributed by atoms with Crippen LogP contribution in [0.3, 0.4) is 0 Å². The van der Waals surface area contributed by atoms with E-state index in [1.54, 1.807) is 18.3 Å². The number of benzene rings is 1. The summed E-state index contributed by atoms with van der Waals surface area (Å²) in [5, 5.41) is 10.7. The molecule has 2 heterocycles. The third-order valence-corrected chi connectivity index (χ3v) is 5.89. The van der Waals surface area contributed by atoms with E-state index in [2.05, 4.69) is 15.7 Å². The Morgan fingerprint density at radius 3 is 2.24 bits per heavy atom. The van der Waals surface area contributed by atoms with Gasteiger partial charge in [0.05, 0.1) is 70.9 Å². The van der Waals surface area contributed by atoms with E-state index in [4.69, 9.17) is 23.7 Å². The number of ether oxygens (including phenoxy) is 5. The van der Waals surface area contributed by atoms with Crippen molar-refractivity contribution >= 4 is 34.2 Å². The number of anilines is 1. The number of hydrogen-bond acceptors (Lipinski definition) is 11. The molecule has 2 N–H and O–H groups in total. The highest BCUT2D eigenvalue weighted by Gasteiger charge is 2.30. The maximum Gasteiger partial charge on any atom is 0.308 e. The largest absolute Gasteiger partial charge is 0.460 e. The number of fused-ring (bicyclic) bond motifs is 1. The summed E-state index contributed by atoms with van der Waals surface area (Å²) in [6, 6.07) is 4.56. The van der Waals surface area contributed by atoms with Crippen molar-refractivity contribution in [3.63, 3.8) is 0 Å². The quantitative estimate of drug-likeness (QED) is 0.160. The number of nitrogens with zero attached hydrogens (tertiary/aromatic N) is 2. The molecule has 1 fully saturated rings. The number of aromatic nitrogens is 2. The molecule has 13 nitrogen and oxygen atoms in total. The standard InChI is InChI=1S/C28H40N4O9/c1-28(2,3)41-24(34)9-11-37-13-15-39-17-18-40-16-14-38-12-10-29-21-6-4-5-20-19-30-32(27(36)25(20)21)22-7-8-23(33)31-26(22)35/h4-6,19,22,29H,7-18H2,1-3H3,(H,31,33,35). The van der Waals surface area contributed by atoms with Crippen LogP contribution in [0.15, 0.2) is 29.2 Å². The molecule has 1 unspecified atom stereocenters. The summed E-state index contributed by atoms with van der Waals surface area (Å²) in [6.07, 6.45) is 2.14. The van der Waals surface area contributed by atoms with Gasteiger partial charge in [-0.3, -0.25) is 24.5 Å². The van der Waals surface area contributed by atoms with Crippen LogP contribution in [-0.2, 0) is 38.1 Å². The predicted molar refractivity (Wildman–Crippen MR) is 150 cm³/mol. The van der Waals surface area contributed by atoms with Crippen molar-refractivity contribution < 1.29 is 38.1 Å². The van der Waals surface area contributed by atoms with Crippen LogP contribution in [0, 0.1) is 0 Å². The molecule has 0 bridgehead atoms. The van der Waals surface area contributed by atoms with Crippen LogP contribution < -0.4 is 16.2 Å². The summed E-state index contributed by atoms with van der Waals surface area (Å²) in [5.74, 6) is -1.16. The number of nitrogens with one attached hydrogen (secondary N) is 2. The van der Waals surface area contributed by atoms with Gasteiger partial charge in [-0.05, 0) is 33.3 Å². The lowest BCUT2D eigenvalue weighted by Crippen LogP contribution is -2.45. The van der Waals surface area contributed by atoms with E-state index in [1.165, 1.54) is 0 Å². The van der Waals surface area contributed by atoms with Crippen molar-refractivity contribution in [2.45, 2.75) is 51.7 Å². The second-order valence-electron chi connectivity index (χ2n) is 10.3. The summed E-state index contributed by atoms with van der Waals surface area (Å²) < 4.78 is 28.2. The molecule has 1 aromatic heterocycles. The molecule has 2 aromatic rings. The van der Waals surface area contributed by atoms with Crippen molar-refractivity contribution in [2.24, 2.45) is 0 Å². The van der Waals surface area contributed by atoms with E-state index in [0.29, 0.717) is 75.9 Å². The molecule has 0 saturated carbocycles. The normalized spacial score (nSPS) is 15.6. The van der Waals surface area contributed by atoms with Gasteiger partial charge in [-0.2, -0.15) is 5.10 Å². The number of carbonyl (C=O) groups excluding carboxylic acids is 3. The fraction of sp³-hybridized carbons (Fsp3) is 0.607. The molecule has 0 spiro atoms. The molecule has 13 heteroatoms. The van der Waals surface area contributed by atoms with Crippen molar-refractivity contribution in [2.75, 3.05) is 64.7 Å². The highest BCUT2D eigenvalue weighted by Crippen LogP contribution is 2.21. The summed E-state index contributed by atoms with van der Waals surface area (Å²) in [7, 11) is 0. The van der Waals surface area contributed by atoms with Gasteiger partial charge in [0.2, 0.25) is 5.91 Å². The number of rotatable bonds is 17. The first-order chi connectivity index (χ1) is 19.7. The van der Waals surface area contributed by atoms with E-state index < -0.39 is 23.1 Å². The minimum atomic E-state index is -0.824. The van der Waals surface area contributed by atoms with E-state index in [1.807, 2.05) is 26.8 Å². The minimum absolute atomic E-state index is 0.157. The molecule has 0 aliphatic carbocycles. The maximum absolute atomic E-state index is 13.2. The number of imide groups is 1. The Morgan fingerprint density at radius 1 is 0.976 bits per heavy atom. The van der Waals surface area contributed by atoms with Crippen LogP contribution in [0.1, 0.15) is 46.1 Å². The first kappa shape index (κ1) is 32.1. The first-order valence-electron chi connectivity index (χ1n) is 13.8. The van der Waals surface area contributed by atoms with E-state index >= 15 is 0 Å². The van der Waals surface area contributed by atoms with Crippen LogP contribution in [0.4, 0.5) is 5.69 Å². The van der Waals surface area contributed by atoms with Gasteiger partial charge in [-0.1, -0.05) is 12.1 Å². The Bertz CT molecular complexity index is 1230. The van der Waals surface area contributed by atoms with Crippen LogP contribution in [-0.4, -0.2) is 92.6 Å². The van der Waals surface area contributed by atoms with E-state index in [0.717, 1.165) is 4.68 Å². The molecule has 1 aromatic carbocycles. The molecule has 226 valence electrons. The Balaban J connectivity index is 1.26. The van der Waals surface area contributed by atoms with E-state index in [-0.39, 0.29) is 31.1 Å². The Morgan fingerprint density at radius 2 is 1.61 bits per heavy atom. The lowest BCUT2D eigenvalue weighted by atomic mass is 10.1. The van der Waals surface area contributed by atoms with Crippen molar-refractivity contribution in [3.8, 4) is 0 Å². The van der Waals surface area contributed by atoms with Crippen molar-refractivity contribution in [3.05, 3.63) is 34.7 Å². The number of piperidine rings is 1. The van der Waals surface area contributed by atoms with Crippen LogP contribution in [0.25, 0.3) is 10.8 Å². The van der Waals surface area contributed by atoms with Gasteiger partial charge in [0.25, 0.3) is 11.5 Å². The molecular weight excluding hydrogens is 536 g/mol. The molecule has 1 atom stereocenters. The molecule has 41 heavy (non-hydrogen) atoms. The van der Waals surface area contributed by atoms with Gasteiger partial charge in [0, 0.05) is 24.0 Å². The van der Waals surface area contributed by atoms with Crippen molar-refractivity contribution in [1.29, 1.82) is 0 Å². The zero-order valence-corrected chi connectivity index (χ0v) is 23.9. The topological polar surface area (TPSA) is 156 Å². The number of amides is 2. The van der Waals surface area contributed by atoms with E-state index in [9.17, 15) is 19.2 Å². The average Bonchev–Trinajstić information content (AvgIpc) is 2.90. The van der Waals surface area contributed by atoms with Crippen LogP contribution in [0.2, 0.25) is 0 Å². The van der Waals surface area contributed by atoms with Gasteiger partial charge in [0.1, 0.15) is 11.6 Å². The Kier molecular flexibility index (Phi) is 12.7. The molecule has 1 saturated heterocycles. The summed E-state index contributed by atoms with van der Waals surface area (Å²) in [6.45, 7) is 9.05. The smallest absolute Gasteiger partial charge is 0.308 e. The van der Waals surface area contributed by atoms with Gasteiger partial charge < -0.3 is 29.0 Å². The second-order valence-corrected chi connectivity index (χ2v) is 10.3. The lowest BCUT2D eigenvalue weighted by molar-refractivity contribution is -0.156. The highest BCUT2D eigenvalue weighted by atomic mass is 16.6. The minimum Gasteiger partial charge on any atom is -0.460 e. The number of esters is 1. The monoisotopic (exact) mass is 576 g/mol. The fourth-order valence-corrected chi connectivity index (χ4v) is 4.06. The Labute approximate surface area is 238 Å². The average molecular weight is 577 g/mol. The molecule has 1 aliphatic heterocycles. The summed E-state index contributed by atoms with van der Waals surface area (Å²) in [4.78, 5) is 48.5. The van der Waals surface area contributed by atoms with Gasteiger partial charge >= 0.3 is 5.97 Å². The first-order valence-corrected chi connectivity index (χ1v) is 13.8. The second kappa shape index (κ2) is 16.2. The summed E-state index contributed by atoms with van der Waals surface area (Å²) >= 11 is 0. The van der Waals surface area contributed by atoms with Gasteiger partial charge in [-0.25, -0.2) is 4.68 Å². The number of hydrogen-bond donors (Lipinski definition) is 2. The van der Waals surface area contributed by atoms with Gasteiger partial charge in [-0.15, -0.1) is 0 Å². The SMILES string of the molecule is CC(C)(C)OC(=O)CCOCCOCCOCCOCCNc1cccc2cnn(C3CCC(=O)NC3=O)c(=O)c12. The molecule has 2 amide bonds. The molecule has 0 radical (unpaired) electrons. The number of carbonyl (C=O) groups is 3. The lowest BCUT2D eigenvalue weighted by Gasteiger charge is -2.22.